The molecule has 0 fully saturated rings. The van der Waals surface area contributed by atoms with E-state index in [1.54, 1.807) is 0 Å². The Morgan fingerprint density at radius 2 is 1.11 bits per heavy atom. The van der Waals surface area contributed by atoms with Gasteiger partial charge in [0.2, 0.25) is 5.91 Å². The zero-order valence-electron chi connectivity index (χ0n) is 28.3. The van der Waals surface area contributed by atoms with E-state index in [0.29, 0.717) is 52.6 Å². The largest absolute Gasteiger partial charge is 2.00 e. The molecule has 0 aliphatic carbocycles. The summed E-state index contributed by atoms with van der Waals surface area (Å²) < 4.78 is 17.0. The zero-order chi connectivity index (χ0) is 31.2. The summed E-state index contributed by atoms with van der Waals surface area (Å²) in [6.45, 7) is 8.30. The number of aromatic nitrogens is 2. The molecule has 0 aliphatic heterocycles. The predicted molar refractivity (Wildman–Crippen MR) is 178 cm³/mol. The van der Waals surface area contributed by atoms with Crippen molar-refractivity contribution in [3.63, 3.8) is 0 Å². The number of unbranched alkanes of at least 4 members (excludes halogenated alkanes) is 12. The van der Waals surface area contributed by atoms with Gasteiger partial charge in [-0.3, -0.25) is 19.7 Å². The van der Waals surface area contributed by atoms with Gasteiger partial charge in [0.25, 0.3) is 0 Å². The summed E-state index contributed by atoms with van der Waals surface area (Å²) in [4.78, 5) is 23.2. The Labute approximate surface area is 286 Å². The molecule has 0 atom stereocenters. The summed E-state index contributed by atoms with van der Waals surface area (Å²) in [7, 11) is 0. The summed E-state index contributed by atoms with van der Waals surface area (Å²) >= 11 is 0. The van der Waals surface area contributed by atoms with E-state index in [2.05, 4.69) is 27.1 Å². The third kappa shape index (κ3) is 25.1. The Balaban J connectivity index is 0.0000101. The van der Waals surface area contributed by atoms with Gasteiger partial charge in [-0.1, -0.05) is 96.1 Å². The smallest absolute Gasteiger partial charge is 0.378 e. The van der Waals surface area contributed by atoms with Crippen molar-refractivity contribution in [1.29, 1.82) is 0 Å². The first kappa shape index (κ1) is 41.3. The quantitative estimate of drug-likeness (QED) is 0.0696. The van der Waals surface area contributed by atoms with Crippen molar-refractivity contribution in [2.24, 2.45) is 0 Å². The minimum atomic E-state index is 0. The van der Waals surface area contributed by atoms with E-state index < -0.39 is 0 Å². The molecule has 0 bridgehead atoms. The topological polar surface area (TPSA) is 85.8 Å². The molecule has 0 unspecified atom stereocenters. The van der Waals surface area contributed by atoms with Crippen LogP contribution in [-0.2, 0) is 51.6 Å². The summed E-state index contributed by atoms with van der Waals surface area (Å²) in [6, 6.07) is 12.0. The van der Waals surface area contributed by atoms with E-state index in [9.17, 15) is 4.79 Å². The number of hydrogen-bond acceptors (Lipinski definition) is 7. The molecule has 0 spiro atoms. The van der Waals surface area contributed by atoms with Crippen LogP contribution in [0.4, 0.5) is 0 Å². The minimum Gasteiger partial charge on any atom is -0.378 e. The number of rotatable bonds is 30. The van der Waals surface area contributed by atoms with Crippen molar-refractivity contribution in [3.8, 4) is 0 Å². The maximum Gasteiger partial charge on any atom is 2.00 e. The number of ether oxygens (including phenoxy) is 3. The van der Waals surface area contributed by atoms with Gasteiger partial charge in [-0.25, -0.2) is 0 Å². The number of pyridine rings is 2. The minimum absolute atomic E-state index is 0. The Morgan fingerprint density at radius 1 is 0.644 bits per heavy atom. The maximum atomic E-state index is 12.0. The molecule has 2 rings (SSSR count). The van der Waals surface area contributed by atoms with Crippen LogP contribution in [0.15, 0.2) is 48.8 Å². The fourth-order valence-corrected chi connectivity index (χ4v) is 5.05. The maximum absolute atomic E-state index is 12.0. The van der Waals surface area contributed by atoms with Crippen LogP contribution in [0, 0.1) is 0 Å². The number of carbonyl (C=O) groups is 1. The number of hydrogen-bond donors (Lipinski definition) is 1. The first-order chi connectivity index (χ1) is 21.8. The second-order valence-electron chi connectivity index (χ2n) is 11.5. The van der Waals surface area contributed by atoms with Crippen LogP contribution in [-0.4, -0.2) is 73.5 Å². The molecule has 2 heterocycles. The van der Waals surface area contributed by atoms with Crippen LogP contribution >= 0.6 is 0 Å². The van der Waals surface area contributed by atoms with Crippen LogP contribution < -0.4 is 5.32 Å². The van der Waals surface area contributed by atoms with E-state index in [4.69, 9.17) is 14.2 Å². The average Bonchev–Trinajstić information content (AvgIpc) is 3.04. The summed E-state index contributed by atoms with van der Waals surface area (Å²) in [5.41, 5.74) is 2.06. The van der Waals surface area contributed by atoms with Crippen LogP contribution in [0.3, 0.4) is 0 Å². The van der Waals surface area contributed by atoms with Gasteiger partial charge in [0, 0.05) is 45.0 Å². The van der Waals surface area contributed by atoms with Gasteiger partial charge in [-0.05, 0) is 30.7 Å². The monoisotopic (exact) mass is 676 g/mol. The van der Waals surface area contributed by atoms with Gasteiger partial charge < -0.3 is 19.5 Å². The molecule has 0 radical (unpaired) electrons. The van der Waals surface area contributed by atoms with Crippen LogP contribution in [0.5, 0.6) is 0 Å². The Kier molecular flexibility index (Phi) is 28.3. The Morgan fingerprint density at radius 3 is 1.60 bits per heavy atom. The molecule has 0 saturated carbocycles. The number of amides is 1. The first-order valence-corrected chi connectivity index (χ1v) is 17.3. The molecule has 9 heteroatoms. The second-order valence-corrected chi connectivity index (χ2v) is 11.5. The van der Waals surface area contributed by atoms with E-state index in [1.807, 2.05) is 48.8 Å². The summed E-state index contributed by atoms with van der Waals surface area (Å²) in [6.07, 6.45) is 21.4. The SMILES string of the molecule is CCCCCCCCCCCCCCCC(=O)NCCOCCOCCOCCN(Cc1ccccn1)Cc1ccccn1.[Zn+2]. The molecule has 1 N–H and O–H groups in total. The Hall–Kier alpha value is -1.77. The van der Waals surface area contributed by atoms with Crippen molar-refractivity contribution in [3.05, 3.63) is 60.2 Å². The second kappa shape index (κ2) is 30.9. The van der Waals surface area contributed by atoms with E-state index >= 15 is 0 Å². The van der Waals surface area contributed by atoms with Gasteiger partial charge in [0.05, 0.1) is 51.0 Å². The van der Waals surface area contributed by atoms with Gasteiger partial charge in [0.15, 0.2) is 0 Å². The summed E-state index contributed by atoms with van der Waals surface area (Å²) in [5, 5.41) is 2.95. The fraction of sp³-hybridized carbons (Fsp3) is 0.694. The molecule has 0 saturated heterocycles. The van der Waals surface area contributed by atoms with Gasteiger partial charge in [0.1, 0.15) is 0 Å². The molecule has 248 valence electrons. The average molecular weight is 678 g/mol. The number of nitrogens with zero attached hydrogens (tertiary/aromatic N) is 3. The van der Waals surface area contributed by atoms with Crippen LogP contribution in [0.2, 0.25) is 0 Å². The predicted octanol–water partition coefficient (Wildman–Crippen LogP) is 7.12. The molecule has 8 nitrogen and oxygen atoms in total. The van der Waals surface area contributed by atoms with Crippen molar-refractivity contribution in [1.82, 2.24) is 20.2 Å². The van der Waals surface area contributed by atoms with Crippen molar-refractivity contribution in [2.45, 2.75) is 110 Å². The van der Waals surface area contributed by atoms with Gasteiger partial charge in [-0.2, -0.15) is 0 Å². The molecule has 2 aromatic rings. The third-order valence-corrected chi connectivity index (χ3v) is 7.60. The number of nitrogens with one attached hydrogen (secondary N) is 1. The standard InChI is InChI=1S/C36H60N4O4.Zn/c1-2-3-4-5-6-7-8-9-10-11-12-13-14-21-36(41)39-24-26-42-28-30-44-31-29-43-27-25-40(32-34-19-15-17-22-37-34)33-35-20-16-18-23-38-35;/h15-20,22-23H,2-14,21,24-33H2,1H3,(H,39,41);/q;+2. The molecular weight excluding hydrogens is 618 g/mol. The van der Waals surface area contributed by atoms with Crippen molar-refractivity contribution >= 4 is 5.91 Å². The van der Waals surface area contributed by atoms with Crippen LogP contribution in [0.1, 0.15) is 108 Å². The number of carbonyl (C=O) groups excluding carboxylic acids is 1. The van der Waals surface area contributed by atoms with E-state index in [0.717, 1.165) is 43.9 Å². The normalized spacial score (nSPS) is 11.1. The fourth-order valence-electron chi connectivity index (χ4n) is 5.05. The van der Waals surface area contributed by atoms with Crippen molar-refractivity contribution < 1.29 is 38.5 Å². The molecule has 45 heavy (non-hydrogen) atoms. The van der Waals surface area contributed by atoms with Gasteiger partial charge in [-0.15, -0.1) is 0 Å². The van der Waals surface area contributed by atoms with Gasteiger partial charge >= 0.3 is 19.5 Å². The first-order valence-electron chi connectivity index (χ1n) is 17.3. The van der Waals surface area contributed by atoms with Crippen LogP contribution in [0.25, 0.3) is 0 Å². The third-order valence-electron chi connectivity index (χ3n) is 7.60. The summed E-state index contributed by atoms with van der Waals surface area (Å²) in [5.74, 6) is 0.128. The zero-order valence-corrected chi connectivity index (χ0v) is 31.2. The molecule has 0 aromatic carbocycles. The van der Waals surface area contributed by atoms with Crippen molar-refractivity contribution in [2.75, 3.05) is 52.7 Å². The molecule has 1 amide bonds. The van der Waals surface area contributed by atoms with E-state index in [-0.39, 0.29) is 25.4 Å². The Bertz CT molecular complexity index is 869. The molecule has 2 aromatic heterocycles. The van der Waals surface area contributed by atoms with E-state index in [1.165, 1.54) is 70.6 Å². The molecule has 0 aliphatic rings. The molecular formula is C36H60N4O4Zn+2.